The summed E-state index contributed by atoms with van der Waals surface area (Å²) in [6.07, 6.45) is 0. The van der Waals surface area contributed by atoms with E-state index in [4.69, 9.17) is 4.84 Å². The lowest BCUT2D eigenvalue weighted by atomic mass is 9.99. The molecule has 0 atom stereocenters. The first-order chi connectivity index (χ1) is 13.6. The van der Waals surface area contributed by atoms with E-state index in [1.807, 2.05) is 12.1 Å². The summed E-state index contributed by atoms with van der Waals surface area (Å²) in [6, 6.07) is 21.9. The van der Waals surface area contributed by atoms with E-state index < -0.39 is 17.8 Å². The van der Waals surface area contributed by atoms with Gasteiger partial charge >= 0.3 is 5.97 Å². The van der Waals surface area contributed by atoms with E-state index >= 15 is 0 Å². The Morgan fingerprint density at radius 3 is 1.89 bits per heavy atom. The highest BCUT2D eigenvalue weighted by molar-refractivity contribution is 6.21. The molecule has 0 spiro atoms. The summed E-state index contributed by atoms with van der Waals surface area (Å²) in [6.45, 7) is 0. The minimum absolute atomic E-state index is 0.176. The highest BCUT2D eigenvalue weighted by Crippen LogP contribution is 2.25. The third-order valence-electron chi connectivity index (χ3n) is 4.41. The summed E-state index contributed by atoms with van der Waals surface area (Å²) < 4.78 is 0. The van der Waals surface area contributed by atoms with E-state index in [9.17, 15) is 19.6 Å². The van der Waals surface area contributed by atoms with Crippen molar-refractivity contribution in [1.82, 2.24) is 5.06 Å². The van der Waals surface area contributed by atoms with Crippen LogP contribution in [-0.2, 0) is 4.84 Å². The van der Waals surface area contributed by atoms with Crippen LogP contribution in [0.4, 0.5) is 0 Å². The summed E-state index contributed by atoms with van der Waals surface area (Å²) in [4.78, 5) is 42.0. The maximum Gasteiger partial charge on any atom is 0.363 e. The van der Waals surface area contributed by atoms with Gasteiger partial charge in [-0.25, -0.2) is 4.79 Å². The second-order valence-electron chi connectivity index (χ2n) is 6.06. The van der Waals surface area contributed by atoms with Crippen molar-refractivity contribution in [3.63, 3.8) is 0 Å². The minimum atomic E-state index is -0.824. The number of hydrogen-bond acceptors (Lipinski definition) is 5. The van der Waals surface area contributed by atoms with Crippen molar-refractivity contribution >= 4 is 17.8 Å². The minimum Gasteiger partial charge on any atom is -0.324 e. The van der Waals surface area contributed by atoms with Crippen molar-refractivity contribution in [3.8, 4) is 17.2 Å². The van der Waals surface area contributed by atoms with Crippen LogP contribution >= 0.6 is 0 Å². The predicted molar refractivity (Wildman–Crippen MR) is 99.0 cm³/mol. The average Bonchev–Trinajstić information content (AvgIpc) is 2.99. The molecule has 0 bridgehead atoms. The monoisotopic (exact) mass is 368 g/mol. The molecule has 2 amide bonds. The largest absolute Gasteiger partial charge is 0.363 e. The summed E-state index contributed by atoms with van der Waals surface area (Å²) >= 11 is 0. The quantitative estimate of drug-likeness (QED) is 0.659. The van der Waals surface area contributed by atoms with Gasteiger partial charge in [-0.3, -0.25) is 9.59 Å². The highest BCUT2D eigenvalue weighted by Gasteiger charge is 2.38. The second-order valence-corrected chi connectivity index (χ2v) is 6.06. The van der Waals surface area contributed by atoms with Crippen LogP contribution in [0.2, 0.25) is 0 Å². The maximum atomic E-state index is 12.4. The van der Waals surface area contributed by atoms with Crippen molar-refractivity contribution < 1.29 is 19.2 Å². The van der Waals surface area contributed by atoms with E-state index in [1.165, 1.54) is 24.3 Å². The van der Waals surface area contributed by atoms with Gasteiger partial charge in [-0.15, -0.1) is 0 Å². The molecule has 1 heterocycles. The van der Waals surface area contributed by atoms with Gasteiger partial charge in [0.15, 0.2) is 0 Å². The van der Waals surface area contributed by atoms with E-state index in [0.717, 1.165) is 11.1 Å². The Morgan fingerprint density at radius 2 is 1.32 bits per heavy atom. The van der Waals surface area contributed by atoms with Gasteiger partial charge in [0.25, 0.3) is 11.8 Å². The molecule has 0 aromatic heterocycles. The predicted octanol–water partition coefficient (Wildman–Crippen LogP) is 3.59. The molecule has 0 aliphatic carbocycles. The van der Waals surface area contributed by atoms with E-state index in [2.05, 4.69) is 6.07 Å². The summed E-state index contributed by atoms with van der Waals surface area (Å²) in [5.41, 5.74) is 2.59. The standard InChI is InChI=1S/C22H12N2O4/c23-13-16-5-1-2-6-17(16)14-9-11-15(12-10-14)22(27)28-24-20(25)18-7-3-4-8-19(18)21(24)26/h1-12H. The lowest BCUT2D eigenvalue weighted by Gasteiger charge is -2.13. The Hall–Kier alpha value is -4.24. The summed E-state index contributed by atoms with van der Waals surface area (Å²) in [5.74, 6) is -2.17. The summed E-state index contributed by atoms with van der Waals surface area (Å²) in [5, 5.41) is 9.69. The SMILES string of the molecule is N#Cc1ccccc1-c1ccc(C(=O)ON2C(=O)c3ccccc3C2=O)cc1. The first kappa shape index (κ1) is 17.2. The van der Waals surface area contributed by atoms with Crippen LogP contribution in [0.25, 0.3) is 11.1 Å². The molecule has 1 aliphatic rings. The number of hydrogen-bond donors (Lipinski definition) is 0. The third-order valence-corrected chi connectivity index (χ3v) is 4.41. The van der Waals surface area contributed by atoms with Crippen molar-refractivity contribution in [2.75, 3.05) is 0 Å². The Kier molecular flexibility index (Phi) is 4.18. The molecule has 0 radical (unpaired) electrons. The number of nitrogens with zero attached hydrogens (tertiary/aromatic N) is 2. The van der Waals surface area contributed by atoms with Crippen molar-refractivity contribution in [2.24, 2.45) is 0 Å². The van der Waals surface area contributed by atoms with Gasteiger partial charge in [0, 0.05) is 0 Å². The van der Waals surface area contributed by atoms with Gasteiger partial charge in [-0.2, -0.15) is 5.26 Å². The lowest BCUT2D eigenvalue weighted by Crippen LogP contribution is -2.32. The molecule has 3 aromatic rings. The van der Waals surface area contributed by atoms with Crippen molar-refractivity contribution in [2.45, 2.75) is 0 Å². The van der Waals surface area contributed by atoms with Crippen LogP contribution in [0.3, 0.4) is 0 Å². The molecule has 4 rings (SSSR count). The van der Waals surface area contributed by atoms with Gasteiger partial charge in [0.1, 0.15) is 0 Å². The number of benzene rings is 3. The van der Waals surface area contributed by atoms with Crippen LogP contribution in [0.15, 0.2) is 72.8 Å². The number of rotatable bonds is 3. The molecule has 28 heavy (non-hydrogen) atoms. The normalized spacial score (nSPS) is 12.5. The molecule has 0 fully saturated rings. The van der Waals surface area contributed by atoms with Gasteiger partial charge in [0.05, 0.1) is 28.3 Å². The first-order valence-corrected chi connectivity index (χ1v) is 8.40. The van der Waals surface area contributed by atoms with Gasteiger partial charge in [0.2, 0.25) is 0 Å². The molecule has 0 saturated carbocycles. The molecular formula is C22H12N2O4. The van der Waals surface area contributed by atoms with Crippen molar-refractivity contribution in [3.05, 3.63) is 95.1 Å². The molecular weight excluding hydrogens is 356 g/mol. The number of carbonyl (C=O) groups excluding carboxylic acids is 3. The molecule has 6 nitrogen and oxygen atoms in total. The Morgan fingerprint density at radius 1 is 0.786 bits per heavy atom. The third kappa shape index (κ3) is 2.81. The van der Waals surface area contributed by atoms with E-state index in [1.54, 1.807) is 36.4 Å². The number of hydroxylamine groups is 2. The maximum absolute atomic E-state index is 12.4. The van der Waals surface area contributed by atoms with Gasteiger partial charge in [-0.1, -0.05) is 47.5 Å². The van der Waals surface area contributed by atoms with Crippen LogP contribution in [0.1, 0.15) is 36.6 Å². The number of nitriles is 1. The summed E-state index contributed by atoms with van der Waals surface area (Å²) in [7, 11) is 0. The number of carbonyl (C=O) groups is 3. The van der Waals surface area contributed by atoms with E-state index in [0.29, 0.717) is 10.6 Å². The fourth-order valence-corrected chi connectivity index (χ4v) is 3.00. The number of fused-ring (bicyclic) bond motifs is 1. The molecule has 0 saturated heterocycles. The molecule has 1 aliphatic heterocycles. The van der Waals surface area contributed by atoms with Crippen LogP contribution < -0.4 is 0 Å². The van der Waals surface area contributed by atoms with Crippen LogP contribution in [0, 0.1) is 11.3 Å². The lowest BCUT2D eigenvalue weighted by molar-refractivity contribution is -0.0584. The molecule has 3 aromatic carbocycles. The molecule has 6 heteroatoms. The topological polar surface area (TPSA) is 87.5 Å². The molecule has 0 unspecified atom stereocenters. The van der Waals surface area contributed by atoms with Crippen molar-refractivity contribution in [1.29, 1.82) is 5.26 Å². The molecule has 134 valence electrons. The highest BCUT2D eigenvalue weighted by atomic mass is 16.7. The Bertz CT molecular complexity index is 1120. The average molecular weight is 368 g/mol. The van der Waals surface area contributed by atoms with Gasteiger partial charge in [-0.05, 0) is 41.5 Å². The van der Waals surface area contributed by atoms with Crippen LogP contribution in [-0.4, -0.2) is 22.8 Å². The Balaban J connectivity index is 1.55. The van der Waals surface area contributed by atoms with E-state index in [-0.39, 0.29) is 16.7 Å². The molecule has 0 N–H and O–H groups in total. The van der Waals surface area contributed by atoms with Crippen LogP contribution in [0.5, 0.6) is 0 Å². The first-order valence-electron chi connectivity index (χ1n) is 8.40. The zero-order chi connectivity index (χ0) is 19.7. The Labute approximate surface area is 160 Å². The fourth-order valence-electron chi connectivity index (χ4n) is 3.00. The zero-order valence-electron chi connectivity index (χ0n) is 14.5. The van der Waals surface area contributed by atoms with Gasteiger partial charge < -0.3 is 4.84 Å². The number of amides is 2. The second kappa shape index (κ2) is 6.82. The number of imide groups is 1. The zero-order valence-corrected chi connectivity index (χ0v) is 14.5. The fraction of sp³-hybridized carbons (Fsp3) is 0. The smallest absolute Gasteiger partial charge is 0.324 e.